The highest BCUT2D eigenvalue weighted by atomic mass is 79.9. The third kappa shape index (κ3) is 3.90. The van der Waals surface area contributed by atoms with E-state index in [2.05, 4.69) is 26.3 Å². The molecule has 3 rings (SSSR count). The molecule has 1 heterocycles. The summed E-state index contributed by atoms with van der Waals surface area (Å²) in [5.41, 5.74) is 1.66. The van der Waals surface area contributed by atoms with E-state index in [9.17, 15) is 4.79 Å². The van der Waals surface area contributed by atoms with E-state index in [-0.39, 0.29) is 5.91 Å². The standard InChI is InChI=1S/C19H18BrN3O4/c1-25-16-9-18(27-3)17(26-2)8-13(16)19(24)22-14-6-4-5-7-15(14)23-11-12(20)10-21-23/h4-11H,1-3H3,(H,22,24). The van der Waals surface area contributed by atoms with Gasteiger partial charge in [0.25, 0.3) is 5.91 Å². The molecule has 0 bridgehead atoms. The van der Waals surface area contributed by atoms with Crippen LogP contribution >= 0.6 is 15.9 Å². The maximum atomic E-state index is 12.9. The average molecular weight is 432 g/mol. The van der Waals surface area contributed by atoms with Gasteiger partial charge in [0.1, 0.15) is 5.75 Å². The Labute approximate surface area is 165 Å². The zero-order valence-electron chi connectivity index (χ0n) is 15.0. The fraction of sp³-hybridized carbons (Fsp3) is 0.158. The second kappa shape index (κ2) is 8.13. The molecule has 0 radical (unpaired) electrons. The summed E-state index contributed by atoms with van der Waals surface area (Å²) < 4.78 is 18.4. The molecule has 1 N–H and O–H groups in total. The largest absolute Gasteiger partial charge is 0.496 e. The van der Waals surface area contributed by atoms with E-state index >= 15 is 0 Å². The van der Waals surface area contributed by atoms with Crippen LogP contribution in [0.4, 0.5) is 5.69 Å². The van der Waals surface area contributed by atoms with Crippen molar-refractivity contribution in [2.45, 2.75) is 0 Å². The first-order chi connectivity index (χ1) is 13.1. The van der Waals surface area contributed by atoms with Crippen molar-refractivity contribution in [1.29, 1.82) is 0 Å². The number of para-hydroxylation sites is 2. The Morgan fingerprint density at radius 2 is 1.70 bits per heavy atom. The average Bonchev–Trinajstić information content (AvgIpc) is 3.13. The molecule has 1 amide bonds. The number of methoxy groups -OCH3 is 3. The number of halogens is 1. The van der Waals surface area contributed by atoms with E-state index < -0.39 is 0 Å². The number of carbonyl (C=O) groups excluding carboxylic acids is 1. The molecule has 0 unspecified atom stereocenters. The van der Waals surface area contributed by atoms with Crippen molar-refractivity contribution in [3.05, 3.63) is 58.8 Å². The third-order valence-electron chi connectivity index (χ3n) is 3.90. The number of hydrogen-bond donors (Lipinski definition) is 1. The number of benzene rings is 2. The summed E-state index contributed by atoms with van der Waals surface area (Å²) in [4.78, 5) is 12.9. The molecule has 0 aliphatic carbocycles. The zero-order valence-corrected chi connectivity index (χ0v) is 16.6. The number of anilines is 1. The van der Waals surface area contributed by atoms with Crippen LogP contribution in [0.5, 0.6) is 17.2 Å². The molecule has 140 valence electrons. The quantitative estimate of drug-likeness (QED) is 0.640. The summed E-state index contributed by atoms with van der Waals surface area (Å²) in [5, 5.41) is 7.17. The summed E-state index contributed by atoms with van der Waals surface area (Å²) in [6.45, 7) is 0. The Morgan fingerprint density at radius 1 is 1.04 bits per heavy atom. The van der Waals surface area contributed by atoms with E-state index in [1.807, 2.05) is 24.4 Å². The van der Waals surface area contributed by atoms with Gasteiger partial charge in [0.15, 0.2) is 11.5 Å². The van der Waals surface area contributed by atoms with Crippen LogP contribution in [0, 0.1) is 0 Å². The molecule has 0 atom stereocenters. The van der Waals surface area contributed by atoms with Crippen LogP contribution in [0.15, 0.2) is 53.3 Å². The number of nitrogens with zero attached hydrogens (tertiary/aromatic N) is 2. The molecule has 1 aromatic heterocycles. The molecule has 7 nitrogen and oxygen atoms in total. The van der Waals surface area contributed by atoms with Crippen molar-refractivity contribution in [3.63, 3.8) is 0 Å². The minimum atomic E-state index is -0.341. The van der Waals surface area contributed by atoms with E-state index in [0.29, 0.717) is 28.5 Å². The fourth-order valence-corrected chi connectivity index (χ4v) is 2.89. The number of nitrogens with one attached hydrogen (secondary N) is 1. The molecule has 8 heteroatoms. The van der Waals surface area contributed by atoms with E-state index in [0.717, 1.165) is 10.2 Å². The smallest absolute Gasteiger partial charge is 0.259 e. The number of ether oxygens (including phenoxy) is 3. The van der Waals surface area contributed by atoms with Gasteiger partial charge in [0, 0.05) is 18.3 Å². The number of carbonyl (C=O) groups is 1. The Kier molecular flexibility index (Phi) is 5.66. The molecule has 0 fully saturated rings. The molecular weight excluding hydrogens is 414 g/mol. The topological polar surface area (TPSA) is 74.6 Å². The predicted molar refractivity (Wildman–Crippen MR) is 105 cm³/mol. The normalized spacial score (nSPS) is 10.4. The Balaban J connectivity index is 1.97. The zero-order chi connectivity index (χ0) is 19.4. The second-order valence-electron chi connectivity index (χ2n) is 5.48. The number of aromatic nitrogens is 2. The van der Waals surface area contributed by atoms with Crippen LogP contribution in [0.25, 0.3) is 5.69 Å². The van der Waals surface area contributed by atoms with Gasteiger partial charge in [-0.15, -0.1) is 0 Å². The lowest BCUT2D eigenvalue weighted by atomic mass is 10.1. The maximum absolute atomic E-state index is 12.9. The first-order valence-corrected chi connectivity index (χ1v) is 8.77. The lowest BCUT2D eigenvalue weighted by Gasteiger charge is -2.15. The third-order valence-corrected chi connectivity index (χ3v) is 4.31. The summed E-state index contributed by atoms with van der Waals surface area (Å²) >= 11 is 3.38. The molecule has 0 aliphatic rings. The minimum Gasteiger partial charge on any atom is -0.496 e. The van der Waals surface area contributed by atoms with Gasteiger partial charge >= 0.3 is 0 Å². The maximum Gasteiger partial charge on any atom is 0.259 e. The van der Waals surface area contributed by atoms with E-state index in [1.54, 1.807) is 29.1 Å². The van der Waals surface area contributed by atoms with Crippen molar-refractivity contribution < 1.29 is 19.0 Å². The lowest BCUT2D eigenvalue weighted by Crippen LogP contribution is -2.15. The van der Waals surface area contributed by atoms with Crippen LogP contribution < -0.4 is 19.5 Å². The van der Waals surface area contributed by atoms with E-state index in [4.69, 9.17) is 14.2 Å². The van der Waals surface area contributed by atoms with Crippen molar-refractivity contribution in [3.8, 4) is 22.9 Å². The van der Waals surface area contributed by atoms with Gasteiger partial charge < -0.3 is 19.5 Å². The van der Waals surface area contributed by atoms with Gasteiger partial charge in [0.05, 0.1) is 48.9 Å². The molecule has 3 aromatic rings. The highest BCUT2D eigenvalue weighted by molar-refractivity contribution is 9.10. The van der Waals surface area contributed by atoms with Gasteiger partial charge in [-0.3, -0.25) is 4.79 Å². The number of amides is 1. The Hall–Kier alpha value is -3.00. The number of hydrogen-bond acceptors (Lipinski definition) is 5. The van der Waals surface area contributed by atoms with Crippen molar-refractivity contribution in [1.82, 2.24) is 9.78 Å². The molecular formula is C19H18BrN3O4. The van der Waals surface area contributed by atoms with Crippen LogP contribution in [-0.4, -0.2) is 37.0 Å². The highest BCUT2D eigenvalue weighted by Crippen LogP contribution is 2.35. The monoisotopic (exact) mass is 431 g/mol. The summed E-state index contributed by atoms with van der Waals surface area (Å²) in [6, 6.07) is 10.6. The molecule has 0 saturated carbocycles. The van der Waals surface area contributed by atoms with Crippen LogP contribution in [0.1, 0.15) is 10.4 Å². The van der Waals surface area contributed by atoms with Gasteiger partial charge in [0.2, 0.25) is 0 Å². The first kappa shape index (κ1) is 18.8. The predicted octanol–water partition coefficient (Wildman–Crippen LogP) is 3.91. The summed E-state index contributed by atoms with van der Waals surface area (Å²) in [5.74, 6) is 0.955. The Bertz CT molecular complexity index is 971. The van der Waals surface area contributed by atoms with Crippen molar-refractivity contribution >= 4 is 27.5 Å². The molecule has 27 heavy (non-hydrogen) atoms. The molecule has 0 aliphatic heterocycles. The highest BCUT2D eigenvalue weighted by Gasteiger charge is 2.19. The van der Waals surface area contributed by atoms with Gasteiger partial charge in [-0.05, 0) is 28.1 Å². The minimum absolute atomic E-state index is 0.326. The van der Waals surface area contributed by atoms with Gasteiger partial charge in [-0.2, -0.15) is 5.10 Å². The summed E-state index contributed by atoms with van der Waals surface area (Å²) in [6.07, 6.45) is 3.48. The molecule has 0 spiro atoms. The van der Waals surface area contributed by atoms with Crippen molar-refractivity contribution in [2.75, 3.05) is 26.6 Å². The van der Waals surface area contributed by atoms with Crippen LogP contribution in [0.2, 0.25) is 0 Å². The van der Waals surface area contributed by atoms with Gasteiger partial charge in [-0.25, -0.2) is 4.68 Å². The molecule has 0 saturated heterocycles. The van der Waals surface area contributed by atoms with Crippen molar-refractivity contribution in [2.24, 2.45) is 0 Å². The SMILES string of the molecule is COc1cc(OC)c(C(=O)Nc2ccccc2-n2cc(Br)cn2)cc1OC. The summed E-state index contributed by atoms with van der Waals surface area (Å²) in [7, 11) is 4.53. The second-order valence-corrected chi connectivity index (χ2v) is 6.40. The molecule has 2 aromatic carbocycles. The van der Waals surface area contributed by atoms with E-state index in [1.165, 1.54) is 21.3 Å². The first-order valence-electron chi connectivity index (χ1n) is 7.98. The number of rotatable bonds is 6. The fourth-order valence-electron chi connectivity index (χ4n) is 2.61. The van der Waals surface area contributed by atoms with Gasteiger partial charge in [-0.1, -0.05) is 12.1 Å². The Morgan fingerprint density at radius 3 is 2.33 bits per heavy atom. The van der Waals surface area contributed by atoms with Crippen LogP contribution in [-0.2, 0) is 0 Å². The lowest BCUT2D eigenvalue weighted by molar-refractivity contribution is 0.102. The van der Waals surface area contributed by atoms with Crippen LogP contribution in [0.3, 0.4) is 0 Å².